The molecule has 5 heteroatoms. The smallest absolute Gasteiger partial charge is 0.126 e. The number of rotatable bonds is 11. The molecule has 1 unspecified atom stereocenters. The number of ether oxygens (including phenoxy) is 1. The van der Waals surface area contributed by atoms with E-state index in [9.17, 15) is 13.9 Å². The highest BCUT2D eigenvalue weighted by Gasteiger charge is 2.31. The summed E-state index contributed by atoms with van der Waals surface area (Å²) in [6.45, 7) is 2.55. The molecule has 0 heterocycles. The minimum absolute atomic E-state index is 0.00986. The number of hydrogen-bond donors (Lipinski definition) is 1. The maximum atomic E-state index is 14.4. The lowest BCUT2D eigenvalue weighted by molar-refractivity contribution is 0.0131. The zero-order chi connectivity index (χ0) is 22.1. The highest BCUT2D eigenvalue weighted by Crippen LogP contribution is 2.31. The van der Waals surface area contributed by atoms with E-state index in [2.05, 4.69) is 17.0 Å². The Morgan fingerprint density at radius 3 is 2.26 bits per heavy atom. The summed E-state index contributed by atoms with van der Waals surface area (Å²) in [6.07, 6.45) is 0.355. The first-order valence-electron chi connectivity index (χ1n) is 10.5. The van der Waals surface area contributed by atoms with E-state index in [0.717, 1.165) is 23.8 Å². The minimum Gasteiger partial charge on any atom is -0.385 e. The summed E-state index contributed by atoms with van der Waals surface area (Å²) < 4.78 is 33.4. The zero-order valence-corrected chi connectivity index (χ0v) is 17.8. The lowest BCUT2D eigenvalue weighted by Crippen LogP contribution is -2.36. The number of aliphatic hydroxyl groups is 1. The van der Waals surface area contributed by atoms with Crippen molar-refractivity contribution in [3.63, 3.8) is 0 Å². The Kier molecular flexibility index (Phi) is 8.29. The Morgan fingerprint density at radius 1 is 0.903 bits per heavy atom. The van der Waals surface area contributed by atoms with E-state index >= 15 is 0 Å². The predicted molar refractivity (Wildman–Crippen MR) is 119 cm³/mol. The Hall–Kier alpha value is -2.60. The fourth-order valence-corrected chi connectivity index (χ4v) is 3.75. The molecule has 3 nitrogen and oxygen atoms in total. The van der Waals surface area contributed by atoms with Gasteiger partial charge in [0.1, 0.15) is 11.6 Å². The van der Waals surface area contributed by atoms with Crippen LogP contribution in [0.2, 0.25) is 0 Å². The van der Waals surface area contributed by atoms with Crippen molar-refractivity contribution < 1.29 is 18.6 Å². The van der Waals surface area contributed by atoms with Gasteiger partial charge in [0, 0.05) is 33.2 Å². The van der Waals surface area contributed by atoms with Gasteiger partial charge in [-0.25, -0.2) is 8.78 Å². The quantitative estimate of drug-likeness (QED) is 0.473. The van der Waals surface area contributed by atoms with Gasteiger partial charge in [0.25, 0.3) is 0 Å². The molecule has 1 N–H and O–H groups in total. The molecule has 3 aromatic carbocycles. The first-order chi connectivity index (χ1) is 15.0. The fourth-order valence-electron chi connectivity index (χ4n) is 3.75. The van der Waals surface area contributed by atoms with Crippen LogP contribution in [0, 0.1) is 11.6 Å². The summed E-state index contributed by atoms with van der Waals surface area (Å²) in [6, 6.07) is 22.7. The summed E-state index contributed by atoms with van der Waals surface area (Å²) in [5.74, 6) is -1.03. The highest BCUT2D eigenvalue weighted by atomic mass is 19.1. The van der Waals surface area contributed by atoms with Crippen molar-refractivity contribution in [1.29, 1.82) is 0 Å². The van der Waals surface area contributed by atoms with E-state index in [-0.39, 0.29) is 12.0 Å². The van der Waals surface area contributed by atoms with E-state index < -0.39 is 17.2 Å². The van der Waals surface area contributed by atoms with Crippen LogP contribution < -0.4 is 0 Å². The summed E-state index contributed by atoms with van der Waals surface area (Å²) >= 11 is 0. The van der Waals surface area contributed by atoms with Crippen LogP contribution in [0.1, 0.15) is 23.1 Å². The van der Waals surface area contributed by atoms with Gasteiger partial charge < -0.3 is 9.84 Å². The van der Waals surface area contributed by atoms with Crippen LogP contribution in [0.5, 0.6) is 0 Å². The van der Waals surface area contributed by atoms with Crippen molar-refractivity contribution in [2.45, 2.75) is 25.0 Å². The fraction of sp³-hybridized carbons (Fsp3) is 0.308. The van der Waals surface area contributed by atoms with Crippen molar-refractivity contribution in [1.82, 2.24) is 4.90 Å². The van der Waals surface area contributed by atoms with Crippen LogP contribution in [0.25, 0.3) is 0 Å². The van der Waals surface area contributed by atoms with Crippen LogP contribution in [-0.4, -0.2) is 36.8 Å². The Balaban J connectivity index is 1.82. The maximum absolute atomic E-state index is 14.4. The predicted octanol–water partition coefficient (Wildman–Crippen LogP) is 4.93. The first-order valence-corrected chi connectivity index (χ1v) is 10.5. The molecule has 0 radical (unpaired) electrons. The molecule has 0 bridgehead atoms. The molecular formula is C26H29F2NO2. The van der Waals surface area contributed by atoms with Crippen LogP contribution >= 0.6 is 0 Å². The summed E-state index contributed by atoms with van der Waals surface area (Å²) in [4.78, 5) is 2.20. The largest absolute Gasteiger partial charge is 0.385 e. The number of hydrogen-bond acceptors (Lipinski definition) is 3. The SMILES string of the molecule is COCCN(CCC(O)(Cc1cc(F)ccc1F)c1ccccc1)Cc1ccccc1. The molecule has 0 saturated heterocycles. The molecule has 0 aliphatic heterocycles. The lowest BCUT2D eigenvalue weighted by Gasteiger charge is -2.32. The minimum atomic E-state index is -1.34. The van der Waals surface area contributed by atoms with Crippen LogP contribution in [-0.2, 0) is 23.3 Å². The molecule has 0 spiro atoms. The van der Waals surface area contributed by atoms with Crippen molar-refractivity contribution >= 4 is 0 Å². The molecule has 3 rings (SSSR count). The maximum Gasteiger partial charge on any atom is 0.126 e. The van der Waals surface area contributed by atoms with E-state index in [1.807, 2.05) is 48.5 Å². The van der Waals surface area contributed by atoms with Gasteiger partial charge >= 0.3 is 0 Å². The molecule has 0 saturated carbocycles. The molecule has 31 heavy (non-hydrogen) atoms. The molecule has 3 aromatic rings. The van der Waals surface area contributed by atoms with E-state index in [4.69, 9.17) is 4.74 Å². The van der Waals surface area contributed by atoms with Gasteiger partial charge in [-0.05, 0) is 41.3 Å². The van der Waals surface area contributed by atoms with E-state index in [1.165, 1.54) is 0 Å². The third-order valence-corrected chi connectivity index (χ3v) is 5.50. The van der Waals surface area contributed by atoms with E-state index in [1.54, 1.807) is 7.11 Å². The highest BCUT2D eigenvalue weighted by molar-refractivity contribution is 5.28. The summed E-state index contributed by atoms with van der Waals surface area (Å²) in [5.41, 5.74) is 0.679. The third kappa shape index (κ3) is 6.69. The van der Waals surface area contributed by atoms with Crippen molar-refractivity contribution in [3.8, 4) is 0 Å². The van der Waals surface area contributed by atoms with Crippen LogP contribution in [0.3, 0.4) is 0 Å². The Morgan fingerprint density at radius 2 is 1.58 bits per heavy atom. The molecule has 164 valence electrons. The molecular weight excluding hydrogens is 396 g/mol. The molecule has 0 fully saturated rings. The van der Waals surface area contributed by atoms with Gasteiger partial charge in [-0.15, -0.1) is 0 Å². The van der Waals surface area contributed by atoms with Gasteiger partial charge in [0.05, 0.1) is 12.2 Å². The van der Waals surface area contributed by atoms with Gasteiger partial charge in [-0.1, -0.05) is 60.7 Å². The third-order valence-electron chi connectivity index (χ3n) is 5.50. The molecule has 0 aromatic heterocycles. The topological polar surface area (TPSA) is 32.7 Å². The molecule has 0 aliphatic rings. The first kappa shape index (κ1) is 23.1. The normalized spacial score (nSPS) is 13.3. The lowest BCUT2D eigenvalue weighted by atomic mass is 9.84. The monoisotopic (exact) mass is 425 g/mol. The van der Waals surface area contributed by atoms with Crippen molar-refractivity contribution in [3.05, 3.63) is 107 Å². The van der Waals surface area contributed by atoms with Gasteiger partial charge in [-0.3, -0.25) is 4.90 Å². The van der Waals surface area contributed by atoms with Crippen molar-refractivity contribution in [2.24, 2.45) is 0 Å². The Labute approximate surface area is 182 Å². The second-order valence-corrected chi connectivity index (χ2v) is 7.81. The number of halogens is 2. The molecule has 0 aliphatic carbocycles. The second-order valence-electron chi connectivity index (χ2n) is 7.81. The molecule has 1 atom stereocenters. The van der Waals surface area contributed by atoms with Gasteiger partial charge in [0.15, 0.2) is 0 Å². The number of benzene rings is 3. The molecule has 0 amide bonds. The van der Waals surface area contributed by atoms with Crippen LogP contribution in [0.4, 0.5) is 8.78 Å². The van der Waals surface area contributed by atoms with E-state index in [0.29, 0.717) is 38.2 Å². The number of methoxy groups -OCH3 is 1. The Bertz CT molecular complexity index is 937. The average molecular weight is 426 g/mol. The van der Waals surface area contributed by atoms with Gasteiger partial charge in [-0.2, -0.15) is 0 Å². The second kappa shape index (κ2) is 11.1. The van der Waals surface area contributed by atoms with Crippen LogP contribution in [0.15, 0.2) is 78.9 Å². The summed E-state index contributed by atoms with van der Waals surface area (Å²) in [5, 5.41) is 11.6. The number of nitrogens with zero attached hydrogens (tertiary/aromatic N) is 1. The summed E-state index contributed by atoms with van der Waals surface area (Å²) in [7, 11) is 1.66. The standard InChI is InChI=1S/C26H29F2NO2/c1-31-17-16-29(20-21-8-4-2-5-9-21)15-14-26(30,23-10-6-3-7-11-23)19-22-18-24(27)12-13-25(22)28/h2-13,18,30H,14-17,19-20H2,1H3. The zero-order valence-electron chi connectivity index (χ0n) is 17.8. The average Bonchev–Trinajstić information content (AvgIpc) is 2.79. The van der Waals surface area contributed by atoms with Gasteiger partial charge in [0.2, 0.25) is 0 Å². The van der Waals surface area contributed by atoms with Crippen molar-refractivity contribution in [2.75, 3.05) is 26.8 Å².